The summed E-state index contributed by atoms with van der Waals surface area (Å²) < 4.78 is 16.4. The van der Waals surface area contributed by atoms with Gasteiger partial charge in [0, 0.05) is 31.1 Å². The van der Waals surface area contributed by atoms with E-state index in [0.29, 0.717) is 12.0 Å². The molecule has 5 nitrogen and oxygen atoms in total. The van der Waals surface area contributed by atoms with E-state index in [9.17, 15) is 0 Å². The smallest absolute Gasteiger partial charge is 0.161 e. The van der Waals surface area contributed by atoms with Crippen molar-refractivity contribution >= 4 is 0 Å². The number of rotatable bonds is 4. The van der Waals surface area contributed by atoms with Crippen LogP contribution < -0.4 is 19.9 Å². The Labute approximate surface area is 161 Å². The van der Waals surface area contributed by atoms with E-state index in [1.54, 1.807) is 21.3 Å². The van der Waals surface area contributed by atoms with E-state index in [0.717, 1.165) is 43.2 Å². The molecule has 2 aliphatic rings. The van der Waals surface area contributed by atoms with Crippen LogP contribution in [-0.2, 0) is 6.42 Å². The van der Waals surface area contributed by atoms with E-state index in [4.69, 9.17) is 19.9 Å². The summed E-state index contributed by atoms with van der Waals surface area (Å²) in [7, 11) is 5.09. The molecule has 5 heteroatoms. The number of ether oxygens (including phenoxy) is 3. The van der Waals surface area contributed by atoms with Gasteiger partial charge in [0.2, 0.25) is 0 Å². The normalized spacial score (nSPS) is 24.7. The quantitative estimate of drug-likeness (QED) is 0.899. The summed E-state index contributed by atoms with van der Waals surface area (Å²) >= 11 is 0. The zero-order chi connectivity index (χ0) is 19.0. The van der Waals surface area contributed by atoms with Gasteiger partial charge in [0.05, 0.1) is 21.3 Å². The molecule has 2 aromatic rings. The van der Waals surface area contributed by atoms with E-state index in [1.807, 2.05) is 6.07 Å². The number of methoxy groups -OCH3 is 3. The molecule has 0 aromatic heterocycles. The van der Waals surface area contributed by atoms with Crippen molar-refractivity contribution in [2.24, 2.45) is 5.73 Å². The molecule has 0 amide bonds. The number of hydrogen-bond acceptors (Lipinski definition) is 5. The summed E-state index contributed by atoms with van der Waals surface area (Å²) in [5.41, 5.74) is 10.6. The Morgan fingerprint density at radius 2 is 1.78 bits per heavy atom. The van der Waals surface area contributed by atoms with Gasteiger partial charge in [-0.2, -0.15) is 0 Å². The lowest BCUT2D eigenvalue weighted by molar-refractivity contribution is 0.109. The molecular weight excluding hydrogens is 340 g/mol. The number of benzene rings is 2. The molecule has 0 saturated carbocycles. The topological polar surface area (TPSA) is 57.0 Å². The fourth-order valence-corrected chi connectivity index (χ4v) is 4.61. The van der Waals surface area contributed by atoms with Crippen LogP contribution in [0.25, 0.3) is 0 Å². The van der Waals surface area contributed by atoms with Crippen LogP contribution >= 0.6 is 0 Å². The third-order valence-electron chi connectivity index (χ3n) is 6.08. The Hall–Kier alpha value is -2.24. The second-order valence-electron chi connectivity index (χ2n) is 7.45. The highest BCUT2D eigenvalue weighted by Gasteiger charge is 2.38. The van der Waals surface area contributed by atoms with E-state index in [1.165, 1.54) is 16.7 Å². The van der Waals surface area contributed by atoms with Crippen molar-refractivity contribution in [1.29, 1.82) is 0 Å². The van der Waals surface area contributed by atoms with Crippen molar-refractivity contribution in [3.63, 3.8) is 0 Å². The molecule has 3 atom stereocenters. The summed E-state index contributed by atoms with van der Waals surface area (Å²) in [6, 6.07) is 13.0. The van der Waals surface area contributed by atoms with E-state index < -0.39 is 0 Å². The van der Waals surface area contributed by atoms with Crippen molar-refractivity contribution in [3.8, 4) is 17.2 Å². The lowest BCUT2D eigenvalue weighted by atomic mass is 9.78. The van der Waals surface area contributed by atoms with E-state index in [-0.39, 0.29) is 6.04 Å². The summed E-state index contributed by atoms with van der Waals surface area (Å²) in [4.78, 5) is 2.57. The van der Waals surface area contributed by atoms with Gasteiger partial charge in [0.1, 0.15) is 5.75 Å². The standard InChI is InChI=1S/C22H28N2O3/c1-25-16-6-4-5-14(9-16)18-13-24-8-7-15-10-21(26-2)22(27-3)11-17(15)20(24)12-19(18)23/h4-6,9-11,18-20H,7-8,12-13,23H2,1-3H3/t18-,19-,20+/m1/s1. The average molecular weight is 368 g/mol. The zero-order valence-electron chi connectivity index (χ0n) is 16.3. The maximum Gasteiger partial charge on any atom is 0.161 e. The van der Waals surface area contributed by atoms with Gasteiger partial charge in [-0.15, -0.1) is 0 Å². The van der Waals surface area contributed by atoms with Gasteiger partial charge in [0.15, 0.2) is 11.5 Å². The summed E-state index contributed by atoms with van der Waals surface area (Å²) in [5.74, 6) is 2.81. The summed E-state index contributed by atoms with van der Waals surface area (Å²) in [5, 5.41) is 0. The zero-order valence-corrected chi connectivity index (χ0v) is 16.3. The summed E-state index contributed by atoms with van der Waals surface area (Å²) in [6.07, 6.45) is 1.95. The second-order valence-corrected chi connectivity index (χ2v) is 7.45. The monoisotopic (exact) mass is 368 g/mol. The van der Waals surface area contributed by atoms with Crippen molar-refractivity contribution in [2.75, 3.05) is 34.4 Å². The molecule has 144 valence electrons. The predicted octanol–water partition coefficient (Wildman–Crippen LogP) is 3.13. The third kappa shape index (κ3) is 3.26. The van der Waals surface area contributed by atoms with Crippen LogP contribution in [0.3, 0.4) is 0 Å². The molecule has 4 rings (SSSR count). The molecule has 0 aliphatic carbocycles. The van der Waals surface area contributed by atoms with Gasteiger partial charge in [-0.25, -0.2) is 0 Å². The second kappa shape index (κ2) is 7.41. The minimum absolute atomic E-state index is 0.109. The summed E-state index contributed by atoms with van der Waals surface area (Å²) in [6.45, 7) is 2.01. The van der Waals surface area contributed by atoms with Crippen LogP contribution in [0, 0.1) is 0 Å². The van der Waals surface area contributed by atoms with Crippen LogP contribution in [-0.4, -0.2) is 45.4 Å². The highest BCUT2D eigenvalue weighted by molar-refractivity contribution is 5.50. The van der Waals surface area contributed by atoms with E-state index >= 15 is 0 Å². The SMILES string of the molecule is COc1cccc([C@H]2CN3CCc4cc(OC)c(OC)cc4[C@@H]3C[C@H]2N)c1. The highest BCUT2D eigenvalue weighted by atomic mass is 16.5. The first-order valence-corrected chi connectivity index (χ1v) is 9.53. The first-order chi connectivity index (χ1) is 13.1. The van der Waals surface area contributed by atoms with Gasteiger partial charge in [-0.3, -0.25) is 4.90 Å². The van der Waals surface area contributed by atoms with Crippen LogP contribution in [0.5, 0.6) is 17.2 Å². The molecule has 0 radical (unpaired) electrons. The largest absolute Gasteiger partial charge is 0.497 e. The molecular formula is C22H28N2O3. The molecule has 1 saturated heterocycles. The Balaban J connectivity index is 1.63. The number of nitrogens with zero attached hydrogens (tertiary/aromatic N) is 1. The van der Waals surface area contributed by atoms with Crippen LogP contribution in [0.15, 0.2) is 36.4 Å². The Kier molecular flexibility index (Phi) is 4.98. The van der Waals surface area contributed by atoms with Gasteiger partial charge in [-0.05, 0) is 53.8 Å². The maximum absolute atomic E-state index is 6.67. The molecule has 1 fully saturated rings. The van der Waals surface area contributed by atoms with Crippen LogP contribution in [0.2, 0.25) is 0 Å². The first kappa shape index (κ1) is 18.1. The first-order valence-electron chi connectivity index (χ1n) is 9.53. The Morgan fingerprint density at radius 1 is 1.00 bits per heavy atom. The van der Waals surface area contributed by atoms with Crippen molar-refractivity contribution in [3.05, 3.63) is 53.1 Å². The minimum Gasteiger partial charge on any atom is -0.497 e. The van der Waals surface area contributed by atoms with Gasteiger partial charge < -0.3 is 19.9 Å². The number of fused-ring (bicyclic) bond motifs is 3. The lowest BCUT2D eigenvalue weighted by Gasteiger charge is -2.46. The molecule has 0 spiro atoms. The minimum atomic E-state index is 0.109. The highest BCUT2D eigenvalue weighted by Crippen LogP contribution is 2.44. The predicted molar refractivity (Wildman–Crippen MR) is 106 cm³/mol. The van der Waals surface area contributed by atoms with Crippen molar-refractivity contribution < 1.29 is 14.2 Å². The van der Waals surface area contributed by atoms with Crippen molar-refractivity contribution in [1.82, 2.24) is 4.90 Å². The number of nitrogens with two attached hydrogens (primary N) is 1. The molecule has 2 heterocycles. The maximum atomic E-state index is 6.67. The van der Waals surface area contributed by atoms with Crippen molar-refractivity contribution in [2.45, 2.75) is 30.8 Å². The number of hydrogen-bond donors (Lipinski definition) is 1. The Bertz CT molecular complexity index is 823. The molecule has 0 bridgehead atoms. The third-order valence-corrected chi connectivity index (χ3v) is 6.08. The molecule has 2 aromatic carbocycles. The number of piperidine rings is 1. The van der Waals surface area contributed by atoms with Gasteiger partial charge >= 0.3 is 0 Å². The Morgan fingerprint density at radius 3 is 2.52 bits per heavy atom. The lowest BCUT2D eigenvalue weighted by Crippen LogP contribution is -2.49. The van der Waals surface area contributed by atoms with Gasteiger partial charge in [0.25, 0.3) is 0 Å². The van der Waals surface area contributed by atoms with E-state index in [2.05, 4.69) is 35.2 Å². The fourth-order valence-electron chi connectivity index (χ4n) is 4.61. The molecule has 27 heavy (non-hydrogen) atoms. The van der Waals surface area contributed by atoms with Crippen LogP contribution in [0.1, 0.15) is 35.1 Å². The average Bonchev–Trinajstić information content (AvgIpc) is 2.72. The van der Waals surface area contributed by atoms with Crippen LogP contribution in [0.4, 0.5) is 0 Å². The fraction of sp³-hybridized carbons (Fsp3) is 0.455. The molecule has 2 aliphatic heterocycles. The van der Waals surface area contributed by atoms with Gasteiger partial charge in [-0.1, -0.05) is 12.1 Å². The molecule has 2 N–H and O–H groups in total. The molecule has 0 unspecified atom stereocenters.